The summed E-state index contributed by atoms with van der Waals surface area (Å²) in [6.07, 6.45) is 0. The van der Waals surface area contributed by atoms with Gasteiger partial charge in [-0.05, 0) is 77.1 Å². The zero-order chi connectivity index (χ0) is 24.6. The van der Waals surface area contributed by atoms with Crippen molar-refractivity contribution in [3.63, 3.8) is 0 Å². The first-order valence-corrected chi connectivity index (χ1v) is 12.8. The highest BCUT2D eigenvalue weighted by atomic mass is 15.0. The molecule has 0 aliphatic carbocycles. The molecule has 174 valence electrons. The molecular formula is C35H29N. The first-order valence-electron chi connectivity index (χ1n) is 12.8. The number of para-hydroxylation sites is 2. The molecule has 1 aliphatic heterocycles. The van der Waals surface area contributed by atoms with Crippen molar-refractivity contribution in [3.05, 3.63) is 125 Å². The molecule has 36 heavy (non-hydrogen) atoms. The van der Waals surface area contributed by atoms with E-state index in [0.717, 1.165) is 0 Å². The largest absolute Gasteiger partial charge is 0.309 e. The molecule has 0 amide bonds. The molecule has 1 aromatic heterocycles. The van der Waals surface area contributed by atoms with Crippen LogP contribution < -0.4 is 0 Å². The molecule has 1 nitrogen and oxygen atoms in total. The second kappa shape index (κ2) is 7.45. The second-order valence-electron chi connectivity index (χ2n) is 10.8. The maximum atomic E-state index is 2.48. The van der Waals surface area contributed by atoms with Crippen molar-refractivity contribution in [1.29, 1.82) is 0 Å². The molecule has 1 heteroatoms. The third-order valence-electron chi connectivity index (χ3n) is 8.17. The first-order chi connectivity index (χ1) is 17.4. The summed E-state index contributed by atoms with van der Waals surface area (Å²) in [6.45, 7) is 9.10. The molecule has 0 bridgehead atoms. The van der Waals surface area contributed by atoms with Gasteiger partial charge in [-0.2, -0.15) is 0 Å². The summed E-state index contributed by atoms with van der Waals surface area (Å²) in [4.78, 5) is 0. The highest BCUT2D eigenvalue weighted by Gasteiger charge is 2.35. The van der Waals surface area contributed by atoms with Crippen LogP contribution in [0.5, 0.6) is 0 Å². The molecule has 0 saturated heterocycles. The van der Waals surface area contributed by atoms with Gasteiger partial charge in [0.1, 0.15) is 0 Å². The van der Waals surface area contributed by atoms with Crippen LogP contribution in [0.25, 0.3) is 49.7 Å². The fraction of sp³-hybridized carbons (Fsp3) is 0.143. The van der Waals surface area contributed by atoms with Gasteiger partial charge < -0.3 is 4.57 Å². The topological polar surface area (TPSA) is 4.93 Å². The van der Waals surface area contributed by atoms with Crippen molar-refractivity contribution in [2.45, 2.75) is 33.1 Å². The number of hydrogen-bond donors (Lipinski definition) is 0. The minimum absolute atomic E-state index is 0.0968. The van der Waals surface area contributed by atoms with Gasteiger partial charge in [0.25, 0.3) is 0 Å². The van der Waals surface area contributed by atoms with Gasteiger partial charge in [-0.1, -0.05) is 98.3 Å². The van der Waals surface area contributed by atoms with Crippen LogP contribution in [0, 0.1) is 13.8 Å². The molecule has 0 saturated carbocycles. The van der Waals surface area contributed by atoms with E-state index in [1.54, 1.807) is 0 Å². The van der Waals surface area contributed by atoms with Gasteiger partial charge in [-0.15, -0.1) is 0 Å². The first kappa shape index (κ1) is 21.2. The van der Waals surface area contributed by atoms with Crippen LogP contribution in [-0.2, 0) is 5.41 Å². The summed E-state index contributed by atoms with van der Waals surface area (Å²) >= 11 is 0. The molecule has 0 atom stereocenters. The van der Waals surface area contributed by atoms with Crippen molar-refractivity contribution in [1.82, 2.24) is 4.57 Å². The lowest BCUT2D eigenvalue weighted by Crippen LogP contribution is -2.26. The van der Waals surface area contributed by atoms with Crippen LogP contribution in [0.4, 0.5) is 0 Å². The Labute approximate surface area is 212 Å². The minimum Gasteiger partial charge on any atom is -0.309 e. The Bertz CT molecular complexity index is 1830. The molecule has 0 fully saturated rings. The van der Waals surface area contributed by atoms with Crippen molar-refractivity contribution in [3.8, 4) is 27.9 Å². The van der Waals surface area contributed by atoms with Gasteiger partial charge in [0.2, 0.25) is 0 Å². The SMILES string of the molecule is Cc1ccc(-c2cccc(-c3ccc4c(c3)C(C)(C)c3cccc5c6ccccc6n-4c35)c2)c(C)c1. The van der Waals surface area contributed by atoms with E-state index in [9.17, 15) is 0 Å². The predicted molar refractivity (Wildman–Crippen MR) is 153 cm³/mol. The quantitative estimate of drug-likeness (QED) is 0.241. The number of aromatic nitrogens is 1. The lowest BCUT2D eigenvalue weighted by Gasteiger charge is -2.35. The molecule has 0 N–H and O–H groups in total. The van der Waals surface area contributed by atoms with Gasteiger partial charge in [0, 0.05) is 16.2 Å². The second-order valence-corrected chi connectivity index (χ2v) is 10.8. The monoisotopic (exact) mass is 463 g/mol. The van der Waals surface area contributed by atoms with Gasteiger partial charge in [0.15, 0.2) is 0 Å². The summed E-state index contributed by atoms with van der Waals surface area (Å²) in [5.74, 6) is 0. The number of benzene rings is 5. The lowest BCUT2D eigenvalue weighted by atomic mass is 9.74. The maximum Gasteiger partial charge on any atom is 0.0582 e. The number of rotatable bonds is 2. The molecule has 0 unspecified atom stereocenters. The van der Waals surface area contributed by atoms with Gasteiger partial charge in [-0.25, -0.2) is 0 Å². The lowest BCUT2D eigenvalue weighted by molar-refractivity contribution is 0.630. The number of fused-ring (bicyclic) bond motifs is 5. The Morgan fingerprint density at radius 1 is 0.583 bits per heavy atom. The summed E-state index contributed by atoms with van der Waals surface area (Å²) in [7, 11) is 0. The van der Waals surface area contributed by atoms with E-state index in [2.05, 4.69) is 135 Å². The average molecular weight is 464 g/mol. The molecule has 7 rings (SSSR count). The highest BCUT2D eigenvalue weighted by molar-refractivity contribution is 6.11. The summed E-state index contributed by atoms with van der Waals surface area (Å²) in [6, 6.07) is 38.4. The molecule has 1 aliphatic rings. The van der Waals surface area contributed by atoms with Crippen molar-refractivity contribution in [2.75, 3.05) is 0 Å². The van der Waals surface area contributed by atoms with Crippen molar-refractivity contribution in [2.24, 2.45) is 0 Å². The summed E-state index contributed by atoms with van der Waals surface area (Å²) < 4.78 is 2.48. The summed E-state index contributed by atoms with van der Waals surface area (Å²) in [5.41, 5.74) is 14.3. The van der Waals surface area contributed by atoms with E-state index in [-0.39, 0.29) is 5.41 Å². The minimum atomic E-state index is -0.0968. The normalized spacial score (nSPS) is 13.8. The van der Waals surface area contributed by atoms with E-state index < -0.39 is 0 Å². The fourth-order valence-electron chi connectivity index (χ4n) is 6.33. The molecule has 5 aromatic carbocycles. The molecule has 0 radical (unpaired) electrons. The molecule has 0 spiro atoms. The van der Waals surface area contributed by atoms with Crippen LogP contribution in [0.15, 0.2) is 103 Å². The van der Waals surface area contributed by atoms with Gasteiger partial charge in [-0.3, -0.25) is 0 Å². The third-order valence-corrected chi connectivity index (χ3v) is 8.17. The predicted octanol–water partition coefficient (Wildman–Crippen LogP) is 9.37. The van der Waals surface area contributed by atoms with Crippen LogP contribution in [-0.4, -0.2) is 4.57 Å². The van der Waals surface area contributed by atoms with Gasteiger partial charge in [0.05, 0.1) is 16.7 Å². The van der Waals surface area contributed by atoms with E-state index in [0.29, 0.717) is 0 Å². The number of aryl methyl sites for hydroxylation is 2. The van der Waals surface area contributed by atoms with Crippen molar-refractivity contribution < 1.29 is 0 Å². The highest BCUT2D eigenvalue weighted by Crippen LogP contribution is 2.48. The zero-order valence-corrected chi connectivity index (χ0v) is 21.3. The summed E-state index contributed by atoms with van der Waals surface area (Å²) in [5, 5.41) is 2.66. The smallest absolute Gasteiger partial charge is 0.0582 e. The Morgan fingerprint density at radius 3 is 2.19 bits per heavy atom. The standard InChI is InChI=1S/C35H29N/c1-22-15-17-27(23(2)19-22)26-10-7-9-24(20-26)25-16-18-33-31(21-25)35(3,4)30-13-8-12-29-28-11-5-6-14-32(28)36(33)34(29)30/h5-21H,1-4H3. The third kappa shape index (κ3) is 2.89. The Kier molecular flexibility index (Phi) is 4.39. The van der Waals surface area contributed by atoms with E-state index in [4.69, 9.17) is 0 Å². The molecule has 2 heterocycles. The fourth-order valence-corrected chi connectivity index (χ4v) is 6.33. The van der Waals surface area contributed by atoms with Crippen LogP contribution in [0.2, 0.25) is 0 Å². The van der Waals surface area contributed by atoms with E-state index in [1.165, 1.54) is 72.0 Å². The number of nitrogens with zero attached hydrogens (tertiary/aromatic N) is 1. The number of hydrogen-bond acceptors (Lipinski definition) is 0. The molecule has 6 aromatic rings. The van der Waals surface area contributed by atoms with Crippen molar-refractivity contribution >= 4 is 21.8 Å². The van der Waals surface area contributed by atoms with E-state index >= 15 is 0 Å². The van der Waals surface area contributed by atoms with Crippen LogP contribution in [0.1, 0.15) is 36.1 Å². The Morgan fingerprint density at radius 2 is 1.33 bits per heavy atom. The van der Waals surface area contributed by atoms with E-state index in [1.807, 2.05) is 0 Å². The molecular weight excluding hydrogens is 434 g/mol. The Hall–Kier alpha value is -4.10. The van der Waals surface area contributed by atoms with Crippen LogP contribution >= 0.6 is 0 Å². The maximum absolute atomic E-state index is 2.48. The van der Waals surface area contributed by atoms with Gasteiger partial charge >= 0.3 is 0 Å². The Balaban J connectivity index is 1.45. The zero-order valence-electron chi connectivity index (χ0n) is 21.3. The average Bonchev–Trinajstić information content (AvgIpc) is 3.22. The van der Waals surface area contributed by atoms with Crippen LogP contribution in [0.3, 0.4) is 0 Å².